The quantitative estimate of drug-likeness (QED) is 0.184. The van der Waals surface area contributed by atoms with Gasteiger partial charge in [-0.15, -0.1) is 0 Å². The van der Waals surface area contributed by atoms with Gasteiger partial charge in [-0.1, -0.05) is 153 Å². The second kappa shape index (κ2) is 11.7. The van der Waals surface area contributed by atoms with Crippen molar-refractivity contribution in [2.24, 2.45) is 0 Å². The molecule has 0 saturated heterocycles. The van der Waals surface area contributed by atoms with Crippen LogP contribution in [0.2, 0.25) is 0 Å². The molecule has 2 aromatic heterocycles. The lowest BCUT2D eigenvalue weighted by atomic mass is 9.82. The van der Waals surface area contributed by atoms with Crippen molar-refractivity contribution >= 4 is 21.8 Å². The Bertz CT molecular complexity index is 2740. The fourth-order valence-electron chi connectivity index (χ4n) is 8.02. The van der Waals surface area contributed by atoms with Gasteiger partial charge in [-0.3, -0.25) is 0 Å². The molecule has 246 valence electrons. The average molecular weight is 667 g/mol. The molecule has 0 saturated carbocycles. The molecule has 0 atom stereocenters. The maximum atomic E-state index is 4.93. The van der Waals surface area contributed by atoms with Crippen molar-refractivity contribution < 1.29 is 0 Å². The highest BCUT2D eigenvalue weighted by Gasteiger charge is 2.36. The van der Waals surface area contributed by atoms with Crippen molar-refractivity contribution in [3.05, 3.63) is 181 Å². The number of fused-ring (bicyclic) bond motifs is 6. The summed E-state index contributed by atoms with van der Waals surface area (Å²) >= 11 is 0. The standard InChI is InChI=1S/C48H34N4/c1-48(2)41-22-11-9-20-37(41)39-29-40-38-21-10-12-23-43(38)52(44(40)30-42(39)48)36-19-13-18-35(28-36)31-24-26-34(27-25-31)47-50-45(32-14-5-3-6-15-32)49-46(51-47)33-16-7-4-8-17-33/h3-30H,1-2H3. The molecule has 0 unspecified atom stereocenters. The first-order chi connectivity index (χ1) is 25.5. The average Bonchev–Trinajstić information content (AvgIpc) is 3.65. The number of hydrogen-bond acceptors (Lipinski definition) is 3. The van der Waals surface area contributed by atoms with Crippen LogP contribution in [-0.2, 0) is 5.41 Å². The van der Waals surface area contributed by atoms with Gasteiger partial charge < -0.3 is 4.57 Å². The van der Waals surface area contributed by atoms with Gasteiger partial charge in [0.15, 0.2) is 17.5 Å². The Morgan fingerprint density at radius 3 is 1.63 bits per heavy atom. The molecule has 4 heteroatoms. The maximum Gasteiger partial charge on any atom is 0.164 e. The van der Waals surface area contributed by atoms with Crippen molar-refractivity contribution in [1.82, 2.24) is 19.5 Å². The van der Waals surface area contributed by atoms with E-state index in [2.05, 4.69) is 128 Å². The van der Waals surface area contributed by atoms with E-state index < -0.39 is 0 Å². The van der Waals surface area contributed by atoms with Crippen LogP contribution < -0.4 is 0 Å². The highest BCUT2D eigenvalue weighted by atomic mass is 15.0. The van der Waals surface area contributed by atoms with Gasteiger partial charge in [0.1, 0.15) is 0 Å². The molecule has 52 heavy (non-hydrogen) atoms. The lowest BCUT2D eigenvalue weighted by molar-refractivity contribution is 0.661. The first-order valence-corrected chi connectivity index (χ1v) is 17.8. The van der Waals surface area contributed by atoms with E-state index in [0.717, 1.165) is 33.5 Å². The Hall–Kier alpha value is -6.65. The third-order valence-electron chi connectivity index (χ3n) is 10.7. The summed E-state index contributed by atoms with van der Waals surface area (Å²) in [4.78, 5) is 14.7. The topological polar surface area (TPSA) is 43.6 Å². The number of hydrogen-bond donors (Lipinski definition) is 0. The minimum Gasteiger partial charge on any atom is -0.309 e. The van der Waals surface area contributed by atoms with Gasteiger partial charge in [0.05, 0.1) is 11.0 Å². The van der Waals surface area contributed by atoms with Gasteiger partial charge in [-0.25, -0.2) is 15.0 Å². The van der Waals surface area contributed by atoms with E-state index in [1.807, 2.05) is 60.7 Å². The molecule has 2 heterocycles. The molecule has 0 N–H and O–H groups in total. The molecule has 1 aliphatic rings. The van der Waals surface area contributed by atoms with Crippen LogP contribution in [0.1, 0.15) is 25.0 Å². The fourth-order valence-corrected chi connectivity index (χ4v) is 8.02. The first-order valence-electron chi connectivity index (χ1n) is 17.8. The summed E-state index contributed by atoms with van der Waals surface area (Å²) in [6.45, 7) is 4.70. The van der Waals surface area contributed by atoms with Gasteiger partial charge in [0, 0.05) is 38.6 Å². The summed E-state index contributed by atoms with van der Waals surface area (Å²) in [6.07, 6.45) is 0. The lowest BCUT2D eigenvalue weighted by Gasteiger charge is -2.21. The molecule has 4 nitrogen and oxygen atoms in total. The predicted octanol–water partition coefficient (Wildman–Crippen LogP) is 11.9. The summed E-state index contributed by atoms with van der Waals surface area (Å²) in [5, 5.41) is 2.54. The van der Waals surface area contributed by atoms with E-state index in [1.165, 1.54) is 44.1 Å². The summed E-state index contributed by atoms with van der Waals surface area (Å²) in [5.74, 6) is 1.96. The van der Waals surface area contributed by atoms with E-state index >= 15 is 0 Å². The highest BCUT2D eigenvalue weighted by Crippen LogP contribution is 2.51. The number of rotatable bonds is 5. The normalized spacial score (nSPS) is 13.0. The first kappa shape index (κ1) is 30.2. The molecule has 0 aliphatic heterocycles. The van der Waals surface area contributed by atoms with Crippen molar-refractivity contribution in [2.75, 3.05) is 0 Å². The van der Waals surface area contributed by atoms with E-state index in [0.29, 0.717) is 17.5 Å². The highest BCUT2D eigenvalue weighted by molar-refractivity contribution is 6.11. The third kappa shape index (κ3) is 4.79. The van der Waals surface area contributed by atoms with Gasteiger partial charge in [0.25, 0.3) is 0 Å². The SMILES string of the molecule is CC1(C)c2ccccc2-c2cc3c4ccccc4n(-c4cccc(-c5ccc(-c6nc(-c7ccccc7)nc(-c7ccccc7)n6)cc5)c4)c3cc21. The molecular weight excluding hydrogens is 633 g/mol. The monoisotopic (exact) mass is 666 g/mol. The van der Waals surface area contributed by atoms with Crippen molar-refractivity contribution in [1.29, 1.82) is 0 Å². The van der Waals surface area contributed by atoms with E-state index in [4.69, 9.17) is 15.0 Å². The van der Waals surface area contributed by atoms with Crippen LogP contribution in [0.15, 0.2) is 170 Å². The van der Waals surface area contributed by atoms with Gasteiger partial charge in [0.2, 0.25) is 0 Å². The van der Waals surface area contributed by atoms with Crippen LogP contribution in [0, 0.1) is 0 Å². The molecule has 0 radical (unpaired) electrons. The van der Waals surface area contributed by atoms with Crippen LogP contribution in [-0.4, -0.2) is 19.5 Å². The molecule has 0 amide bonds. The molecule has 9 aromatic rings. The minimum atomic E-state index is -0.0761. The summed E-state index contributed by atoms with van der Waals surface area (Å²) < 4.78 is 2.43. The Kier molecular flexibility index (Phi) is 6.80. The van der Waals surface area contributed by atoms with Crippen LogP contribution in [0.4, 0.5) is 0 Å². The number of para-hydroxylation sites is 1. The van der Waals surface area contributed by atoms with Gasteiger partial charge in [-0.05, 0) is 63.7 Å². The summed E-state index contributed by atoms with van der Waals surface area (Å²) in [7, 11) is 0. The molecule has 0 fully saturated rings. The summed E-state index contributed by atoms with van der Waals surface area (Å²) in [6, 6.07) is 60.1. The smallest absolute Gasteiger partial charge is 0.164 e. The Morgan fingerprint density at radius 1 is 0.385 bits per heavy atom. The van der Waals surface area contributed by atoms with Crippen LogP contribution in [0.3, 0.4) is 0 Å². The fraction of sp³-hybridized carbons (Fsp3) is 0.0625. The largest absolute Gasteiger partial charge is 0.309 e. The molecule has 0 bridgehead atoms. The molecular formula is C48H34N4. The third-order valence-corrected chi connectivity index (χ3v) is 10.7. The Balaban J connectivity index is 1.06. The zero-order valence-electron chi connectivity index (χ0n) is 29.0. The minimum absolute atomic E-state index is 0.0761. The summed E-state index contributed by atoms with van der Waals surface area (Å²) in [5.41, 5.74) is 14.1. The number of benzene rings is 7. The van der Waals surface area contributed by atoms with E-state index in [-0.39, 0.29) is 5.41 Å². The van der Waals surface area contributed by atoms with Crippen LogP contribution >= 0.6 is 0 Å². The Morgan fingerprint density at radius 2 is 0.942 bits per heavy atom. The van der Waals surface area contributed by atoms with Crippen LogP contribution in [0.25, 0.3) is 83.9 Å². The van der Waals surface area contributed by atoms with Crippen molar-refractivity contribution in [3.8, 4) is 62.1 Å². The number of aromatic nitrogens is 4. The zero-order chi connectivity index (χ0) is 34.8. The molecule has 7 aromatic carbocycles. The lowest BCUT2D eigenvalue weighted by Crippen LogP contribution is -2.14. The predicted molar refractivity (Wildman–Crippen MR) is 213 cm³/mol. The van der Waals surface area contributed by atoms with Gasteiger partial charge in [-0.2, -0.15) is 0 Å². The van der Waals surface area contributed by atoms with Gasteiger partial charge >= 0.3 is 0 Å². The maximum absolute atomic E-state index is 4.93. The second-order valence-electron chi connectivity index (χ2n) is 14.1. The zero-order valence-corrected chi connectivity index (χ0v) is 29.0. The van der Waals surface area contributed by atoms with Crippen LogP contribution in [0.5, 0.6) is 0 Å². The second-order valence-corrected chi connectivity index (χ2v) is 14.1. The molecule has 1 aliphatic carbocycles. The van der Waals surface area contributed by atoms with E-state index in [1.54, 1.807) is 0 Å². The Labute approximate surface area is 302 Å². The van der Waals surface area contributed by atoms with E-state index in [9.17, 15) is 0 Å². The number of nitrogens with zero attached hydrogens (tertiary/aromatic N) is 4. The van der Waals surface area contributed by atoms with Crippen molar-refractivity contribution in [3.63, 3.8) is 0 Å². The van der Waals surface area contributed by atoms with Crippen molar-refractivity contribution in [2.45, 2.75) is 19.3 Å². The molecule has 10 rings (SSSR count). The molecule has 0 spiro atoms.